The minimum absolute atomic E-state index is 0. The van der Waals surface area contributed by atoms with E-state index in [0.717, 1.165) is 23.7 Å². The van der Waals surface area contributed by atoms with E-state index < -0.39 is 0 Å². The third-order valence-corrected chi connectivity index (χ3v) is 3.56. The summed E-state index contributed by atoms with van der Waals surface area (Å²) in [6.45, 7) is 6.15. The fourth-order valence-corrected chi connectivity index (χ4v) is 2.24. The van der Waals surface area contributed by atoms with Crippen molar-refractivity contribution in [3.8, 4) is 5.75 Å². The van der Waals surface area contributed by atoms with E-state index in [1.54, 1.807) is 20.5 Å². The van der Waals surface area contributed by atoms with E-state index in [4.69, 9.17) is 4.74 Å². The fraction of sp³-hybridized carbons (Fsp3) is 0.438. The summed E-state index contributed by atoms with van der Waals surface area (Å²) in [7, 11) is 3.43. The molecule has 8 heteroatoms. The number of methoxy groups -OCH3 is 1. The second kappa shape index (κ2) is 10.1. The molecule has 0 fully saturated rings. The first-order valence-corrected chi connectivity index (χ1v) is 7.62. The van der Waals surface area contributed by atoms with Crippen molar-refractivity contribution in [1.82, 2.24) is 25.4 Å². The molecule has 2 rings (SSSR count). The summed E-state index contributed by atoms with van der Waals surface area (Å²) in [5.74, 6) is 2.46. The van der Waals surface area contributed by atoms with Crippen molar-refractivity contribution in [1.29, 1.82) is 0 Å². The highest BCUT2D eigenvalue weighted by molar-refractivity contribution is 14.0. The molecule has 0 aliphatic heterocycles. The van der Waals surface area contributed by atoms with Crippen LogP contribution >= 0.6 is 24.0 Å². The lowest BCUT2D eigenvalue weighted by Gasteiger charge is -2.14. The van der Waals surface area contributed by atoms with Crippen molar-refractivity contribution in [3.63, 3.8) is 0 Å². The minimum atomic E-state index is 0. The maximum atomic E-state index is 5.42. The average Bonchev–Trinajstić information content (AvgIpc) is 3.03. The van der Waals surface area contributed by atoms with Gasteiger partial charge in [0.05, 0.1) is 13.7 Å². The highest BCUT2D eigenvalue weighted by Gasteiger charge is 2.06. The van der Waals surface area contributed by atoms with Gasteiger partial charge in [-0.2, -0.15) is 0 Å². The molecule has 0 aliphatic carbocycles. The number of ether oxygens (including phenoxy) is 1. The smallest absolute Gasteiger partial charge is 0.191 e. The number of hydrogen-bond donors (Lipinski definition) is 2. The number of halogens is 1. The summed E-state index contributed by atoms with van der Waals surface area (Å²) in [6, 6.07) is 6.15. The Morgan fingerprint density at radius 3 is 2.71 bits per heavy atom. The molecule has 0 saturated carbocycles. The van der Waals surface area contributed by atoms with E-state index in [9.17, 15) is 0 Å². The van der Waals surface area contributed by atoms with Crippen molar-refractivity contribution in [3.05, 3.63) is 41.5 Å². The maximum absolute atomic E-state index is 5.42. The second-order valence-corrected chi connectivity index (χ2v) is 5.13. The number of nitrogens with zero attached hydrogens (tertiary/aromatic N) is 4. The molecule has 0 spiro atoms. The Bertz CT molecular complexity index is 670. The Morgan fingerprint density at radius 2 is 2.04 bits per heavy atom. The Hall–Kier alpha value is -1.84. The summed E-state index contributed by atoms with van der Waals surface area (Å²) >= 11 is 0. The van der Waals surface area contributed by atoms with Crippen molar-refractivity contribution < 1.29 is 4.74 Å². The molecular weight excluding hydrogens is 419 g/mol. The van der Waals surface area contributed by atoms with E-state index in [-0.39, 0.29) is 24.0 Å². The Kier molecular flexibility index (Phi) is 8.51. The molecule has 0 saturated heterocycles. The molecule has 0 unspecified atom stereocenters. The summed E-state index contributed by atoms with van der Waals surface area (Å²) in [5.41, 5.74) is 2.25. The van der Waals surface area contributed by atoms with Crippen LogP contribution in [0.1, 0.15) is 23.9 Å². The summed E-state index contributed by atoms with van der Waals surface area (Å²) in [5, 5.41) is 14.5. The number of guanidine groups is 1. The third kappa shape index (κ3) is 5.36. The zero-order chi connectivity index (χ0) is 16.7. The van der Waals surface area contributed by atoms with E-state index in [1.165, 1.54) is 5.56 Å². The largest absolute Gasteiger partial charge is 0.496 e. The van der Waals surface area contributed by atoms with Crippen LogP contribution in [0.15, 0.2) is 29.5 Å². The lowest BCUT2D eigenvalue weighted by molar-refractivity contribution is 0.408. The van der Waals surface area contributed by atoms with Crippen LogP contribution < -0.4 is 15.4 Å². The molecule has 7 nitrogen and oxygen atoms in total. The molecule has 24 heavy (non-hydrogen) atoms. The third-order valence-electron chi connectivity index (χ3n) is 3.56. The van der Waals surface area contributed by atoms with Crippen LogP contribution in [0, 0.1) is 6.92 Å². The van der Waals surface area contributed by atoms with E-state index in [1.807, 2.05) is 17.6 Å². The van der Waals surface area contributed by atoms with Crippen molar-refractivity contribution in [2.24, 2.45) is 4.99 Å². The van der Waals surface area contributed by atoms with Gasteiger partial charge in [-0.1, -0.05) is 12.1 Å². The molecule has 0 atom stereocenters. The standard InChI is InChI=1S/C16H24N6O.HI/c1-5-22-11-20-21-15(22)10-19-16(17-3)18-9-13-7-6-12(2)8-14(13)23-4;/h6-8,11H,5,9-10H2,1-4H3,(H2,17,18,19);1H. The molecule has 0 aliphatic rings. The molecule has 0 amide bonds. The topological polar surface area (TPSA) is 76.4 Å². The van der Waals surface area contributed by atoms with Crippen LogP contribution in [0.3, 0.4) is 0 Å². The molecule has 2 N–H and O–H groups in total. The number of benzene rings is 1. The zero-order valence-corrected chi connectivity index (χ0v) is 16.9. The lowest BCUT2D eigenvalue weighted by Crippen LogP contribution is -2.37. The molecule has 132 valence electrons. The van der Waals surface area contributed by atoms with Gasteiger partial charge >= 0.3 is 0 Å². The number of aliphatic imine (C=N–C) groups is 1. The van der Waals surface area contributed by atoms with Gasteiger partial charge in [-0.3, -0.25) is 4.99 Å². The predicted molar refractivity (Wildman–Crippen MR) is 106 cm³/mol. The summed E-state index contributed by atoms with van der Waals surface area (Å²) in [6.07, 6.45) is 1.73. The monoisotopic (exact) mass is 444 g/mol. The molecule has 2 aromatic rings. The van der Waals surface area contributed by atoms with Gasteiger partial charge in [-0.05, 0) is 25.5 Å². The Morgan fingerprint density at radius 1 is 1.29 bits per heavy atom. The number of aromatic nitrogens is 3. The van der Waals surface area contributed by atoms with Crippen LogP contribution in [-0.4, -0.2) is 34.9 Å². The van der Waals surface area contributed by atoms with E-state index in [0.29, 0.717) is 19.0 Å². The first kappa shape index (κ1) is 20.2. The van der Waals surface area contributed by atoms with Gasteiger partial charge < -0.3 is 19.9 Å². The highest BCUT2D eigenvalue weighted by Crippen LogP contribution is 2.19. The average molecular weight is 444 g/mol. The van der Waals surface area contributed by atoms with Gasteiger partial charge in [0.15, 0.2) is 11.8 Å². The van der Waals surface area contributed by atoms with Gasteiger partial charge in [0, 0.05) is 25.7 Å². The fourth-order valence-electron chi connectivity index (χ4n) is 2.24. The molecule has 1 heterocycles. The molecule has 0 radical (unpaired) electrons. The van der Waals surface area contributed by atoms with Crippen LogP contribution in [0.2, 0.25) is 0 Å². The van der Waals surface area contributed by atoms with Crippen LogP contribution in [0.4, 0.5) is 0 Å². The van der Waals surface area contributed by atoms with Crippen molar-refractivity contribution in [2.45, 2.75) is 33.5 Å². The number of aryl methyl sites for hydroxylation is 2. The van der Waals surface area contributed by atoms with Crippen molar-refractivity contribution in [2.75, 3.05) is 14.2 Å². The zero-order valence-electron chi connectivity index (χ0n) is 14.5. The molecule has 1 aromatic carbocycles. The molecular formula is C16H25IN6O. The number of hydrogen-bond acceptors (Lipinski definition) is 4. The van der Waals surface area contributed by atoms with Gasteiger partial charge in [-0.15, -0.1) is 34.2 Å². The van der Waals surface area contributed by atoms with Crippen LogP contribution in [-0.2, 0) is 19.6 Å². The van der Waals surface area contributed by atoms with E-state index in [2.05, 4.69) is 44.9 Å². The minimum Gasteiger partial charge on any atom is -0.496 e. The summed E-state index contributed by atoms with van der Waals surface area (Å²) < 4.78 is 7.41. The van der Waals surface area contributed by atoms with Gasteiger partial charge in [-0.25, -0.2) is 0 Å². The predicted octanol–water partition coefficient (Wildman–Crippen LogP) is 2.10. The normalized spacial score (nSPS) is 10.9. The van der Waals surface area contributed by atoms with Gasteiger partial charge in [0.1, 0.15) is 12.1 Å². The SMILES string of the molecule is CCn1cnnc1CNC(=NC)NCc1ccc(C)cc1OC.I. The van der Waals surface area contributed by atoms with Gasteiger partial charge in [0.25, 0.3) is 0 Å². The first-order valence-electron chi connectivity index (χ1n) is 7.62. The highest BCUT2D eigenvalue weighted by atomic mass is 127. The van der Waals surface area contributed by atoms with Gasteiger partial charge in [0.2, 0.25) is 0 Å². The molecule has 0 bridgehead atoms. The Labute approximate surface area is 159 Å². The van der Waals surface area contributed by atoms with E-state index >= 15 is 0 Å². The maximum Gasteiger partial charge on any atom is 0.191 e. The quantitative estimate of drug-likeness (QED) is 0.406. The summed E-state index contributed by atoms with van der Waals surface area (Å²) in [4.78, 5) is 4.23. The van der Waals surface area contributed by atoms with Crippen LogP contribution in [0.5, 0.6) is 5.75 Å². The second-order valence-electron chi connectivity index (χ2n) is 5.13. The first-order chi connectivity index (χ1) is 11.2. The number of rotatable bonds is 6. The van der Waals surface area contributed by atoms with Crippen LogP contribution in [0.25, 0.3) is 0 Å². The van der Waals surface area contributed by atoms with Crippen molar-refractivity contribution >= 4 is 29.9 Å². The lowest BCUT2D eigenvalue weighted by atomic mass is 10.1. The number of nitrogens with one attached hydrogen (secondary N) is 2. The Balaban J connectivity index is 0.00000288. The molecule has 1 aromatic heterocycles.